The van der Waals surface area contributed by atoms with Gasteiger partial charge in [0.1, 0.15) is 5.69 Å². The number of aromatic nitrogens is 1. The second-order valence-corrected chi connectivity index (χ2v) is 5.30. The summed E-state index contributed by atoms with van der Waals surface area (Å²) in [7, 11) is 0. The molecule has 0 atom stereocenters. The second kappa shape index (κ2) is 5.06. The fourth-order valence-electron chi connectivity index (χ4n) is 2.14. The summed E-state index contributed by atoms with van der Waals surface area (Å²) in [6.45, 7) is 0. The van der Waals surface area contributed by atoms with Gasteiger partial charge in [-0.3, -0.25) is 0 Å². The van der Waals surface area contributed by atoms with Crippen molar-refractivity contribution in [3.05, 3.63) is 64.8 Å². The summed E-state index contributed by atoms with van der Waals surface area (Å²) < 4.78 is 0.972. The van der Waals surface area contributed by atoms with E-state index in [9.17, 15) is 9.90 Å². The molecule has 0 spiro atoms. The third-order valence-electron chi connectivity index (χ3n) is 3.08. The molecule has 1 N–H and O–H groups in total. The molecule has 2 aromatic carbocycles. The Balaban J connectivity index is 2.32. The fourth-order valence-corrected chi connectivity index (χ4v) is 2.40. The molecule has 3 aromatic rings. The first-order valence-electron chi connectivity index (χ1n) is 6.04. The maximum Gasteiger partial charge on any atom is 0.354 e. The Labute approximate surface area is 124 Å². The van der Waals surface area contributed by atoms with Gasteiger partial charge in [-0.2, -0.15) is 0 Å². The van der Waals surface area contributed by atoms with E-state index >= 15 is 0 Å². The lowest BCUT2D eigenvalue weighted by Crippen LogP contribution is -2.01. The average molecular weight is 328 g/mol. The Morgan fingerprint density at radius 2 is 1.75 bits per heavy atom. The number of nitrogens with zero attached hydrogens (tertiary/aromatic N) is 1. The standard InChI is InChI=1S/C16H10BrNO2/c17-12-7-5-10(6-8-12)15-13-4-2-1-3-11(13)9-14(18-15)16(19)20/h1-9H,(H,19,20). The van der Waals surface area contributed by atoms with E-state index in [4.69, 9.17) is 0 Å². The number of carbonyl (C=O) groups is 1. The molecule has 0 aliphatic heterocycles. The first-order chi connectivity index (χ1) is 9.65. The Kier molecular flexibility index (Phi) is 3.24. The number of benzene rings is 2. The van der Waals surface area contributed by atoms with E-state index in [2.05, 4.69) is 20.9 Å². The van der Waals surface area contributed by atoms with Gasteiger partial charge in [-0.25, -0.2) is 9.78 Å². The van der Waals surface area contributed by atoms with Crippen LogP contribution in [-0.2, 0) is 0 Å². The highest BCUT2D eigenvalue weighted by Crippen LogP contribution is 2.28. The lowest BCUT2D eigenvalue weighted by Gasteiger charge is -2.08. The molecule has 0 fully saturated rings. The van der Waals surface area contributed by atoms with Gasteiger partial charge in [0.2, 0.25) is 0 Å². The molecule has 1 aromatic heterocycles. The Morgan fingerprint density at radius 3 is 2.45 bits per heavy atom. The molecule has 3 rings (SSSR count). The summed E-state index contributed by atoms with van der Waals surface area (Å²) in [6.07, 6.45) is 0. The molecule has 98 valence electrons. The Hall–Kier alpha value is -2.20. The van der Waals surface area contributed by atoms with E-state index < -0.39 is 5.97 Å². The smallest absolute Gasteiger partial charge is 0.354 e. The van der Waals surface area contributed by atoms with E-state index in [1.165, 1.54) is 0 Å². The summed E-state index contributed by atoms with van der Waals surface area (Å²) in [4.78, 5) is 15.5. The van der Waals surface area contributed by atoms with Gasteiger partial charge in [0.05, 0.1) is 5.69 Å². The van der Waals surface area contributed by atoms with E-state index in [-0.39, 0.29) is 5.69 Å². The quantitative estimate of drug-likeness (QED) is 0.760. The molecule has 0 bridgehead atoms. The van der Waals surface area contributed by atoms with Crippen LogP contribution in [0.25, 0.3) is 22.0 Å². The average Bonchev–Trinajstić information content (AvgIpc) is 2.47. The van der Waals surface area contributed by atoms with Crippen LogP contribution in [0.5, 0.6) is 0 Å². The van der Waals surface area contributed by atoms with Crippen LogP contribution in [-0.4, -0.2) is 16.1 Å². The van der Waals surface area contributed by atoms with Crippen molar-refractivity contribution in [3.8, 4) is 11.3 Å². The number of pyridine rings is 1. The SMILES string of the molecule is O=C(O)c1cc2ccccc2c(-c2ccc(Br)cc2)n1. The molecule has 20 heavy (non-hydrogen) atoms. The number of hydrogen-bond acceptors (Lipinski definition) is 2. The molecule has 0 saturated heterocycles. The van der Waals surface area contributed by atoms with Crippen LogP contribution >= 0.6 is 15.9 Å². The first-order valence-corrected chi connectivity index (χ1v) is 6.83. The Morgan fingerprint density at radius 1 is 1.05 bits per heavy atom. The van der Waals surface area contributed by atoms with Gasteiger partial charge in [0.15, 0.2) is 0 Å². The predicted molar refractivity (Wildman–Crippen MR) is 81.8 cm³/mol. The lowest BCUT2D eigenvalue weighted by atomic mass is 10.0. The number of aromatic carboxylic acids is 1. The predicted octanol–water partition coefficient (Wildman–Crippen LogP) is 4.36. The first kappa shape index (κ1) is 12.8. The van der Waals surface area contributed by atoms with Crippen molar-refractivity contribution >= 4 is 32.7 Å². The number of carboxylic acids is 1. The van der Waals surface area contributed by atoms with Gasteiger partial charge in [-0.15, -0.1) is 0 Å². The van der Waals surface area contributed by atoms with Crippen molar-refractivity contribution in [2.45, 2.75) is 0 Å². The van der Waals surface area contributed by atoms with Crippen molar-refractivity contribution in [2.24, 2.45) is 0 Å². The van der Waals surface area contributed by atoms with E-state index in [1.807, 2.05) is 48.5 Å². The molecular formula is C16H10BrNO2. The molecule has 0 amide bonds. The topological polar surface area (TPSA) is 50.2 Å². The summed E-state index contributed by atoms with van der Waals surface area (Å²) in [5, 5.41) is 11.0. The van der Waals surface area contributed by atoms with Gasteiger partial charge in [-0.05, 0) is 23.6 Å². The van der Waals surface area contributed by atoms with Crippen LogP contribution in [0, 0.1) is 0 Å². The minimum absolute atomic E-state index is 0.0571. The fraction of sp³-hybridized carbons (Fsp3) is 0. The molecular weight excluding hydrogens is 318 g/mol. The van der Waals surface area contributed by atoms with Crippen molar-refractivity contribution < 1.29 is 9.90 Å². The molecule has 4 heteroatoms. The number of carboxylic acid groups (broad SMARTS) is 1. The van der Waals surface area contributed by atoms with Gasteiger partial charge in [0, 0.05) is 15.4 Å². The highest BCUT2D eigenvalue weighted by Gasteiger charge is 2.12. The van der Waals surface area contributed by atoms with Crippen molar-refractivity contribution in [1.82, 2.24) is 4.98 Å². The van der Waals surface area contributed by atoms with Crippen molar-refractivity contribution in [1.29, 1.82) is 0 Å². The highest BCUT2D eigenvalue weighted by atomic mass is 79.9. The molecule has 0 unspecified atom stereocenters. The van der Waals surface area contributed by atoms with E-state index in [1.54, 1.807) is 6.07 Å². The minimum Gasteiger partial charge on any atom is -0.477 e. The largest absolute Gasteiger partial charge is 0.477 e. The van der Waals surface area contributed by atoms with Gasteiger partial charge >= 0.3 is 5.97 Å². The molecule has 1 heterocycles. The number of hydrogen-bond donors (Lipinski definition) is 1. The molecule has 0 radical (unpaired) electrons. The summed E-state index contributed by atoms with van der Waals surface area (Å²) in [5.41, 5.74) is 1.64. The van der Waals surface area contributed by atoms with Crippen LogP contribution in [0.1, 0.15) is 10.5 Å². The highest BCUT2D eigenvalue weighted by molar-refractivity contribution is 9.10. The summed E-state index contributed by atoms with van der Waals surface area (Å²) in [5.74, 6) is -1.02. The van der Waals surface area contributed by atoms with E-state index in [0.29, 0.717) is 5.69 Å². The van der Waals surface area contributed by atoms with Crippen LogP contribution in [0.2, 0.25) is 0 Å². The zero-order valence-electron chi connectivity index (χ0n) is 10.4. The molecule has 0 aliphatic carbocycles. The van der Waals surface area contributed by atoms with Gasteiger partial charge < -0.3 is 5.11 Å². The van der Waals surface area contributed by atoms with Crippen molar-refractivity contribution in [2.75, 3.05) is 0 Å². The number of fused-ring (bicyclic) bond motifs is 1. The normalized spacial score (nSPS) is 10.7. The molecule has 0 saturated carbocycles. The van der Waals surface area contributed by atoms with Gasteiger partial charge in [0.25, 0.3) is 0 Å². The monoisotopic (exact) mass is 327 g/mol. The van der Waals surface area contributed by atoms with Crippen LogP contribution in [0.3, 0.4) is 0 Å². The Bertz CT molecular complexity index is 797. The number of rotatable bonds is 2. The lowest BCUT2D eigenvalue weighted by molar-refractivity contribution is 0.0691. The van der Waals surface area contributed by atoms with Crippen LogP contribution < -0.4 is 0 Å². The molecule has 0 aliphatic rings. The minimum atomic E-state index is -1.02. The summed E-state index contributed by atoms with van der Waals surface area (Å²) >= 11 is 3.39. The number of halogens is 1. The summed E-state index contributed by atoms with van der Waals surface area (Å²) in [6, 6.07) is 16.9. The zero-order chi connectivity index (χ0) is 14.1. The van der Waals surface area contributed by atoms with Crippen molar-refractivity contribution in [3.63, 3.8) is 0 Å². The third kappa shape index (κ3) is 2.30. The van der Waals surface area contributed by atoms with Crippen LogP contribution in [0.4, 0.5) is 0 Å². The second-order valence-electron chi connectivity index (χ2n) is 4.39. The van der Waals surface area contributed by atoms with Crippen LogP contribution in [0.15, 0.2) is 59.1 Å². The van der Waals surface area contributed by atoms with E-state index in [0.717, 1.165) is 20.8 Å². The zero-order valence-corrected chi connectivity index (χ0v) is 12.0. The van der Waals surface area contributed by atoms with Gasteiger partial charge in [-0.1, -0.05) is 52.3 Å². The maximum atomic E-state index is 11.2. The molecule has 3 nitrogen and oxygen atoms in total. The maximum absolute atomic E-state index is 11.2. The third-order valence-corrected chi connectivity index (χ3v) is 3.61.